The molecule has 2 rings (SSSR count). The number of alkyl halides is 2. The number of benzene rings is 1. The van der Waals surface area contributed by atoms with Gasteiger partial charge in [0.1, 0.15) is 5.75 Å². The molecule has 0 aliphatic carbocycles. The van der Waals surface area contributed by atoms with Crippen LogP contribution in [0.25, 0.3) is 0 Å². The van der Waals surface area contributed by atoms with Crippen molar-refractivity contribution < 1.29 is 26.7 Å². The molecule has 0 unspecified atom stereocenters. The summed E-state index contributed by atoms with van der Waals surface area (Å²) in [7, 11) is -3.11. The first-order valence-electron chi connectivity index (χ1n) is 6.82. The molecule has 22 heavy (non-hydrogen) atoms. The Morgan fingerprint density at radius 2 is 1.95 bits per heavy atom. The number of hydrogen-bond acceptors (Lipinski definition) is 4. The van der Waals surface area contributed by atoms with Crippen molar-refractivity contribution in [2.75, 3.05) is 11.5 Å². The van der Waals surface area contributed by atoms with Crippen molar-refractivity contribution in [3.8, 4) is 5.75 Å². The van der Waals surface area contributed by atoms with Crippen molar-refractivity contribution in [2.24, 2.45) is 5.92 Å². The van der Waals surface area contributed by atoms with Crippen molar-refractivity contribution in [2.45, 2.75) is 26.0 Å². The van der Waals surface area contributed by atoms with Crippen LogP contribution >= 0.6 is 0 Å². The van der Waals surface area contributed by atoms with E-state index in [0.717, 1.165) is 5.56 Å². The fourth-order valence-electron chi connectivity index (χ4n) is 2.35. The van der Waals surface area contributed by atoms with Gasteiger partial charge in [-0.1, -0.05) is 12.1 Å². The number of ether oxygens (including phenoxy) is 1. The van der Waals surface area contributed by atoms with E-state index in [1.165, 1.54) is 12.1 Å². The van der Waals surface area contributed by atoms with E-state index >= 15 is 0 Å². The zero-order valence-corrected chi connectivity index (χ0v) is 12.8. The minimum Gasteiger partial charge on any atom is -0.435 e. The van der Waals surface area contributed by atoms with Gasteiger partial charge in [0.2, 0.25) is 5.91 Å². The fraction of sp³-hybridized carbons (Fsp3) is 0.500. The first kappa shape index (κ1) is 16.7. The summed E-state index contributed by atoms with van der Waals surface area (Å²) < 4.78 is 51.1. The topological polar surface area (TPSA) is 72.5 Å². The quantitative estimate of drug-likeness (QED) is 0.893. The molecular formula is C14H17F2NO4S. The molecule has 0 saturated carbocycles. The molecule has 1 heterocycles. The molecule has 8 heteroatoms. The second-order valence-corrected chi connectivity index (χ2v) is 7.51. The summed E-state index contributed by atoms with van der Waals surface area (Å²) in [5.41, 5.74) is 0.718. The Kier molecular flexibility index (Phi) is 5.00. The minimum absolute atomic E-state index is 0.0408. The van der Waals surface area contributed by atoms with Crippen LogP contribution in [0, 0.1) is 5.92 Å². The molecular weight excluding hydrogens is 316 g/mol. The summed E-state index contributed by atoms with van der Waals surface area (Å²) in [6.45, 7) is -1.14. The van der Waals surface area contributed by atoms with Crippen molar-refractivity contribution in [3.05, 3.63) is 29.8 Å². The fourth-order valence-corrected chi connectivity index (χ4v) is 4.10. The van der Waals surface area contributed by atoms with Gasteiger partial charge in [0, 0.05) is 0 Å². The van der Waals surface area contributed by atoms with Crippen LogP contribution in [0.5, 0.6) is 5.75 Å². The lowest BCUT2D eigenvalue weighted by Crippen LogP contribution is -2.33. The first-order chi connectivity index (χ1) is 10.3. The van der Waals surface area contributed by atoms with Crippen LogP contribution < -0.4 is 10.1 Å². The molecule has 5 nitrogen and oxygen atoms in total. The number of amides is 1. The molecule has 0 bridgehead atoms. The third kappa shape index (κ3) is 4.40. The number of hydrogen-bond donors (Lipinski definition) is 1. The molecule has 0 spiro atoms. The van der Waals surface area contributed by atoms with Gasteiger partial charge >= 0.3 is 6.61 Å². The highest BCUT2D eigenvalue weighted by molar-refractivity contribution is 7.91. The number of carbonyl (C=O) groups excluding carboxylic acids is 1. The Morgan fingerprint density at radius 1 is 1.32 bits per heavy atom. The molecule has 0 aromatic heterocycles. The highest BCUT2D eigenvalue weighted by Crippen LogP contribution is 2.22. The standard InChI is InChI=1S/C14H17F2NO4S/c1-9(10-2-4-12(5-3-10)21-14(15)16)17-13(18)11-6-7-22(19,20)8-11/h2-5,9,11,14H,6-8H2,1H3,(H,17,18)/t9-,11-/m1/s1. The number of nitrogens with one attached hydrogen (secondary N) is 1. The predicted molar refractivity (Wildman–Crippen MR) is 76.4 cm³/mol. The summed E-state index contributed by atoms with van der Waals surface area (Å²) in [6, 6.07) is 5.59. The number of halogens is 2. The largest absolute Gasteiger partial charge is 0.435 e. The lowest BCUT2D eigenvalue weighted by molar-refractivity contribution is -0.124. The normalized spacial score (nSPS) is 21.5. The van der Waals surface area contributed by atoms with E-state index in [9.17, 15) is 22.0 Å². The molecule has 1 aromatic rings. The van der Waals surface area contributed by atoms with Gasteiger partial charge in [-0.2, -0.15) is 8.78 Å². The third-order valence-corrected chi connectivity index (χ3v) is 5.34. The molecule has 122 valence electrons. The van der Waals surface area contributed by atoms with Crippen LogP contribution in [-0.4, -0.2) is 32.4 Å². The van der Waals surface area contributed by atoms with Crippen LogP contribution in [-0.2, 0) is 14.6 Å². The monoisotopic (exact) mass is 333 g/mol. The molecule has 1 saturated heterocycles. The summed E-state index contributed by atoms with van der Waals surface area (Å²) in [5, 5.41) is 2.74. The van der Waals surface area contributed by atoms with E-state index in [-0.39, 0.29) is 29.2 Å². The second-order valence-electron chi connectivity index (χ2n) is 5.28. The average molecular weight is 333 g/mol. The molecule has 1 amide bonds. The van der Waals surface area contributed by atoms with E-state index in [4.69, 9.17) is 0 Å². The molecule has 1 N–H and O–H groups in total. The van der Waals surface area contributed by atoms with Crippen LogP contribution in [0.15, 0.2) is 24.3 Å². The molecule has 1 aliphatic heterocycles. The maximum absolute atomic E-state index is 12.1. The lowest BCUT2D eigenvalue weighted by atomic mass is 10.1. The van der Waals surface area contributed by atoms with E-state index in [2.05, 4.69) is 10.1 Å². The Hall–Kier alpha value is -1.70. The van der Waals surface area contributed by atoms with Crippen LogP contribution in [0.1, 0.15) is 24.9 Å². The van der Waals surface area contributed by atoms with E-state index in [1.807, 2.05) is 0 Å². The van der Waals surface area contributed by atoms with Crippen molar-refractivity contribution in [1.29, 1.82) is 0 Å². The summed E-state index contributed by atoms with van der Waals surface area (Å²) in [6.07, 6.45) is 0.335. The predicted octanol–water partition coefficient (Wildman–Crippen LogP) is 1.90. The number of rotatable bonds is 5. The zero-order chi connectivity index (χ0) is 16.3. The Balaban J connectivity index is 1.94. The van der Waals surface area contributed by atoms with Crippen LogP contribution in [0.2, 0.25) is 0 Å². The molecule has 2 atom stereocenters. The third-order valence-electron chi connectivity index (χ3n) is 3.57. The minimum atomic E-state index is -3.11. The zero-order valence-electron chi connectivity index (χ0n) is 12.0. The molecule has 0 radical (unpaired) electrons. The SMILES string of the molecule is C[C@@H](NC(=O)[C@@H]1CCS(=O)(=O)C1)c1ccc(OC(F)F)cc1. The van der Waals surface area contributed by atoms with Crippen LogP contribution in [0.3, 0.4) is 0 Å². The van der Waals surface area contributed by atoms with E-state index in [1.54, 1.807) is 19.1 Å². The van der Waals surface area contributed by atoms with Gasteiger partial charge < -0.3 is 10.1 Å². The first-order valence-corrected chi connectivity index (χ1v) is 8.64. The Labute approximate surface area is 127 Å². The smallest absolute Gasteiger partial charge is 0.387 e. The average Bonchev–Trinajstić information content (AvgIpc) is 2.79. The molecule has 1 aliphatic rings. The van der Waals surface area contributed by atoms with Crippen molar-refractivity contribution in [1.82, 2.24) is 5.32 Å². The van der Waals surface area contributed by atoms with Gasteiger partial charge in [0.25, 0.3) is 0 Å². The van der Waals surface area contributed by atoms with E-state index < -0.39 is 22.4 Å². The maximum Gasteiger partial charge on any atom is 0.387 e. The van der Waals surface area contributed by atoms with Crippen LogP contribution in [0.4, 0.5) is 8.78 Å². The Morgan fingerprint density at radius 3 is 2.45 bits per heavy atom. The van der Waals surface area contributed by atoms with E-state index in [0.29, 0.717) is 6.42 Å². The molecule has 1 fully saturated rings. The summed E-state index contributed by atoms with van der Waals surface area (Å²) >= 11 is 0. The van der Waals surface area contributed by atoms with Crippen molar-refractivity contribution >= 4 is 15.7 Å². The Bertz CT molecular complexity index is 631. The highest BCUT2D eigenvalue weighted by Gasteiger charge is 2.33. The summed E-state index contributed by atoms with van der Waals surface area (Å²) in [4.78, 5) is 12.0. The van der Waals surface area contributed by atoms with Gasteiger partial charge in [0.15, 0.2) is 9.84 Å². The summed E-state index contributed by atoms with van der Waals surface area (Å²) in [5.74, 6) is -0.860. The van der Waals surface area contributed by atoms with Gasteiger partial charge in [-0.3, -0.25) is 4.79 Å². The van der Waals surface area contributed by atoms with Gasteiger partial charge in [-0.05, 0) is 31.0 Å². The van der Waals surface area contributed by atoms with Gasteiger partial charge in [-0.15, -0.1) is 0 Å². The van der Waals surface area contributed by atoms with Gasteiger partial charge in [-0.25, -0.2) is 8.42 Å². The number of sulfone groups is 1. The van der Waals surface area contributed by atoms with Gasteiger partial charge in [0.05, 0.1) is 23.5 Å². The molecule has 1 aromatic carbocycles. The maximum atomic E-state index is 12.1. The highest BCUT2D eigenvalue weighted by atomic mass is 32.2. The lowest BCUT2D eigenvalue weighted by Gasteiger charge is -2.17. The number of carbonyl (C=O) groups is 1. The van der Waals surface area contributed by atoms with Crippen molar-refractivity contribution in [3.63, 3.8) is 0 Å². The second kappa shape index (κ2) is 6.60.